The van der Waals surface area contributed by atoms with Crippen molar-refractivity contribution in [2.24, 2.45) is 5.92 Å². The van der Waals surface area contributed by atoms with Crippen LogP contribution in [0.2, 0.25) is 0 Å². The van der Waals surface area contributed by atoms with E-state index in [1.807, 2.05) is 0 Å². The second-order valence-electron chi connectivity index (χ2n) is 4.43. The van der Waals surface area contributed by atoms with E-state index < -0.39 is 0 Å². The molecule has 1 aromatic rings. The standard InChI is InChI=1S/C11H19N3O2/c1-7(2)4-9-5-10(14-13-9)11(16)12-8(3)6-15/h5,7-8,15H,4,6H2,1-3H3,(H,12,16)(H,13,14). The second kappa shape index (κ2) is 5.65. The fraction of sp³-hybridized carbons (Fsp3) is 0.636. The van der Waals surface area contributed by atoms with Crippen LogP contribution in [0.15, 0.2) is 6.07 Å². The third kappa shape index (κ3) is 3.66. The van der Waals surface area contributed by atoms with Crippen LogP contribution in [0.1, 0.15) is 37.0 Å². The molecule has 5 nitrogen and oxygen atoms in total. The molecule has 0 spiro atoms. The summed E-state index contributed by atoms with van der Waals surface area (Å²) in [6.45, 7) is 5.87. The van der Waals surface area contributed by atoms with Gasteiger partial charge < -0.3 is 10.4 Å². The Morgan fingerprint density at radius 2 is 2.25 bits per heavy atom. The summed E-state index contributed by atoms with van der Waals surface area (Å²) in [7, 11) is 0. The molecule has 1 unspecified atom stereocenters. The number of aliphatic hydroxyl groups excluding tert-OH is 1. The van der Waals surface area contributed by atoms with Gasteiger partial charge in [-0.3, -0.25) is 9.89 Å². The summed E-state index contributed by atoms with van der Waals surface area (Å²) in [5.74, 6) is 0.264. The van der Waals surface area contributed by atoms with Crippen LogP contribution in [-0.2, 0) is 6.42 Å². The van der Waals surface area contributed by atoms with Gasteiger partial charge in [0, 0.05) is 11.7 Å². The van der Waals surface area contributed by atoms with Gasteiger partial charge in [0.2, 0.25) is 0 Å². The van der Waals surface area contributed by atoms with Crippen LogP contribution in [0.4, 0.5) is 0 Å². The highest BCUT2D eigenvalue weighted by Gasteiger charge is 2.12. The lowest BCUT2D eigenvalue weighted by Crippen LogP contribution is -2.35. The summed E-state index contributed by atoms with van der Waals surface area (Å²) in [6.07, 6.45) is 0.871. The second-order valence-corrected chi connectivity index (χ2v) is 4.43. The molecule has 16 heavy (non-hydrogen) atoms. The Bertz CT molecular complexity index is 347. The van der Waals surface area contributed by atoms with Crippen LogP contribution in [0.3, 0.4) is 0 Å². The van der Waals surface area contributed by atoms with Gasteiger partial charge in [-0.1, -0.05) is 13.8 Å². The van der Waals surface area contributed by atoms with Gasteiger partial charge in [0.25, 0.3) is 5.91 Å². The highest BCUT2D eigenvalue weighted by atomic mass is 16.3. The molecule has 3 N–H and O–H groups in total. The quantitative estimate of drug-likeness (QED) is 0.691. The van der Waals surface area contributed by atoms with Gasteiger partial charge in [-0.2, -0.15) is 5.10 Å². The van der Waals surface area contributed by atoms with Crippen LogP contribution in [0.5, 0.6) is 0 Å². The number of aromatic amines is 1. The molecule has 0 aliphatic heterocycles. The zero-order chi connectivity index (χ0) is 12.1. The molecule has 0 fully saturated rings. The molecular formula is C11H19N3O2. The number of H-pyrrole nitrogens is 1. The maximum Gasteiger partial charge on any atom is 0.272 e. The number of nitrogens with one attached hydrogen (secondary N) is 2. The molecule has 0 saturated carbocycles. The Balaban J connectivity index is 2.59. The maximum atomic E-state index is 11.6. The molecular weight excluding hydrogens is 206 g/mol. The average Bonchev–Trinajstić information content (AvgIpc) is 2.65. The number of carbonyl (C=O) groups excluding carboxylic acids is 1. The monoisotopic (exact) mass is 225 g/mol. The van der Waals surface area contributed by atoms with Crippen molar-refractivity contribution >= 4 is 5.91 Å². The lowest BCUT2D eigenvalue weighted by atomic mass is 10.1. The molecule has 1 rings (SSSR count). The number of aliphatic hydroxyl groups is 1. The first kappa shape index (κ1) is 12.7. The fourth-order valence-corrected chi connectivity index (χ4v) is 1.37. The fourth-order valence-electron chi connectivity index (χ4n) is 1.37. The minimum Gasteiger partial charge on any atom is -0.394 e. The van der Waals surface area contributed by atoms with Crippen molar-refractivity contribution in [1.29, 1.82) is 0 Å². The van der Waals surface area contributed by atoms with Crippen molar-refractivity contribution in [3.8, 4) is 0 Å². The minimum atomic E-state index is -0.257. The van der Waals surface area contributed by atoms with E-state index >= 15 is 0 Å². The normalized spacial score (nSPS) is 12.8. The number of carbonyl (C=O) groups is 1. The Morgan fingerprint density at radius 3 is 2.81 bits per heavy atom. The summed E-state index contributed by atoms with van der Waals surface area (Å²) >= 11 is 0. The Morgan fingerprint density at radius 1 is 1.56 bits per heavy atom. The van der Waals surface area contributed by atoms with E-state index in [-0.39, 0.29) is 18.6 Å². The molecule has 1 aromatic heterocycles. The molecule has 0 aliphatic carbocycles. The van der Waals surface area contributed by atoms with Crippen molar-refractivity contribution in [3.63, 3.8) is 0 Å². The van der Waals surface area contributed by atoms with Gasteiger partial charge in [0.05, 0.1) is 6.61 Å². The molecule has 1 heterocycles. The SMILES string of the molecule is CC(C)Cc1cc(C(=O)NC(C)CO)n[nH]1. The summed E-state index contributed by atoms with van der Waals surface area (Å²) in [4.78, 5) is 11.6. The zero-order valence-electron chi connectivity index (χ0n) is 9.95. The first-order valence-corrected chi connectivity index (χ1v) is 5.49. The van der Waals surface area contributed by atoms with Gasteiger partial charge in [-0.15, -0.1) is 0 Å². The van der Waals surface area contributed by atoms with Gasteiger partial charge in [-0.25, -0.2) is 0 Å². The summed E-state index contributed by atoms with van der Waals surface area (Å²) < 4.78 is 0. The van der Waals surface area contributed by atoms with Crippen LogP contribution in [0.25, 0.3) is 0 Å². The molecule has 5 heteroatoms. The third-order valence-corrected chi connectivity index (χ3v) is 2.14. The van der Waals surface area contributed by atoms with E-state index in [9.17, 15) is 4.79 Å². The highest BCUT2D eigenvalue weighted by molar-refractivity contribution is 5.92. The highest BCUT2D eigenvalue weighted by Crippen LogP contribution is 2.06. The van der Waals surface area contributed by atoms with Crippen molar-refractivity contribution in [2.45, 2.75) is 33.2 Å². The predicted molar refractivity (Wildman–Crippen MR) is 61.1 cm³/mol. The van der Waals surface area contributed by atoms with Crippen molar-refractivity contribution in [2.75, 3.05) is 6.61 Å². The lowest BCUT2D eigenvalue weighted by Gasteiger charge is -2.08. The minimum absolute atomic E-state index is 0.0744. The molecule has 0 radical (unpaired) electrons. The smallest absolute Gasteiger partial charge is 0.272 e. The third-order valence-electron chi connectivity index (χ3n) is 2.14. The van der Waals surface area contributed by atoms with E-state index in [4.69, 9.17) is 5.11 Å². The molecule has 1 atom stereocenters. The van der Waals surface area contributed by atoms with E-state index in [2.05, 4.69) is 29.4 Å². The first-order valence-electron chi connectivity index (χ1n) is 5.49. The topological polar surface area (TPSA) is 78.0 Å². The Kier molecular flexibility index (Phi) is 4.49. The number of nitrogens with zero attached hydrogens (tertiary/aromatic N) is 1. The van der Waals surface area contributed by atoms with Crippen LogP contribution in [0, 0.1) is 5.92 Å². The lowest BCUT2D eigenvalue weighted by molar-refractivity contribution is 0.0917. The largest absolute Gasteiger partial charge is 0.394 e. The molecule has 0 saturated heterocycles. The Labute approximate surface area is 95.3 Å². The van der Waals surface area contributed by atoms with Gasteiger partial charge in [0.15, 0.2) is 0 Å². The Hall–Kier alpha value is -1.36. The van der Waals surface area contributed by atoms with E-state index in [1.165, 1.54) is 0 Å². The van der Waals surface area contributed by atoms with Crippen molar-refractivity contribution in [3.05, 3.63) is 17.5 Å². The van der Waals surface area contributed by atoms with Crippen LogP contribution >= 0.6 is 0 Å². The summed E-state index contributed by atoms with van der Waals surface area (Å²) in [6, 6.07) is 1.50. The number of aromatic nitrogens is 2. The van der Waals surface area contributed by atoms with Gasteiger partial charge in [-0.05, 0) is 25.3 Å². The van der Waals surface area contributed by atoms with Crippen molar-refractivity contribution < 1.29 is 9.90 Å². The van der Waals surface area contributed by atoms with Crippen molar-refractivity contribution in [1.82, 2.24) is 15.5 Å². The van der Waals surface area contributed by atoms with Gasteiger partial charge >= 0.3 is 0 Å². The molecule has 90 valence electrons. The summed E-state index contributed by atoms with van der Waals surface area (Å²) in [5, 5.41) is 18.2. The molecule has 1 amide bonds. The number of hydrogen-bond acceptors (Lipinski definition) is 3. The molecule has 0 bridgehead atoms. The number of rotatable bonds is 5. The van der Waals surface area contributed by atoms with Gasteiger partial charge in [0.1, 0.15) is 5.69 Å². The van der Waals surface area contributed by atoms with Crippen LogP contribution in [-0.4, -0.2) is 33.9 Å². The number of amides is 1. The predicted octanol–water partition coefficient (Wildman–Crippen LogP) is 0.719. The van der Waals surface area contributed by atoms with Crippen LogP contribution < -0.4 is 5.32 Å². The van der Waals surface area contributed by atoms with E-state index in [1.54, 1.807) is 13.0 Å². The average molecular weight is 225 g/mol. The molecule has 0 aromatic carbocycles. The first-order chi connectivity index (χ1) is 7.52. The van der Waals surface area contributed by atoms with E-state index in [0.29, 0.717) is 11.6 Å². The maximum absolute atomic E-state index is 11.6. The van der Waals surface area contributed by atoms with E-state index in [0.717, 1.165) is 12.1 Å². The molecule has 0 aliphatic rings. The number of hydrogen-bond donors (Lipinski definition) is 3. The zero-order valence-corrected chi connectivity index (χ0v) is 9.95. The summed E-state index contributed by atoms with van der Waals surface area (Å²) in [5.41, 5.74) is 1.33.